The number of aromatic nitrogens is 2. The maximum atomic E-state index is 14.6. The average Bonchev–Trinajstić information content (AvgIpc) is 3.82. The Morgan fingerprint density at radius 3 is 2.62 bits per heavy atom. The minimum absolute atomic E-state index is 0.0494. The van der Waals surface area contributed by atoms with E-state index in [0.29, 0.717) is 47.5 Å². The molecule has 0 spiro atoms. The monoisotopic (exact) mass is 641 g/mol. The van der Waals surface area contributed by atoms with E-state index in [1.165, 1.54) is 25.3 Å². The number of carbonyl (C=O) groups is 3. The number of amides is 3. The second-order valence-corrected chi connectivity index (χ2v) is 11.8. The first-order valence-corrected chi connectivity index (χ1v) is 15.4. The summed E-state index contributed by atoms with van der Waals surface area (Å²) in [5.41, 5.74) is 1.95. The lowest BCUT2D eigenvalue weighted by Gasteiger charge is -2.39. The molecule has 2 fully saturated rings. The first-order chi connectivity index (χ1) is 22.8. The molecule has 7 rings (SSSR count). The van der Waals surface area contributed by atoms with Gasteiger partial charge in [-0.25, -0.2) is 4.39 Å². The number of rotatable bonds is 4. The summed E-state index contributed by atoms with van der Waals surface area (Å²) in [6, 6.07) is 15.2. The number of ether oxygens (including phenoxy) is 3. The van der Waals surface area contributed by atoms with Gasteiger partial charge in [-0.15, -0.1) is 0 Å². The van der Waals surface area contributed by atoms with E-state index in [4.69, 9.17) is 18.7 Å². The van der Waals surface area contributed by atoms with Crippen molar-refractivity contribution in [3.63, 3.8) is 0 Å². The molecule has 3 amide bonds. The van der Waals surface area contributed by atoms with Gasteiger partial charge in [0.15, 0.2) is 18.1 Å². The highest BCUT2D eigenvalue weighted by Gasteiger charge is 2.35. The van der Waals surface area contributed by atoms with Crippen LogP contribution in [0.15, 0.2) is 65.2 Å². The Kier molecular flexibility index (Phi) is 8.19. The maximum absolute atomic E-state index is 14.6. The average molecular weight is 642 g/mol. The van der Waals surface area contributed by atoms with Gasteiger partial charge in [0.25, 0.3) is 17.7 Å². The summed E-state index contributed by atoms with van der Waals surface area (Å²) in [4.78, 5) is 45.8. The van der Waals surface area contributed by atoms with Crippen LogP contribution in [0, 0.1) is 5.82 Å². The fourth-order valence-electron chi connectivity index (χ4n) is 5.73. The van der Waals surface area contributed by atoms with Gasteiger partial charge in [-0.05, 0) is 60.9 Å². The van der Waals surface area contributed by atoms with Crippen molar-refractivity contribution in [3.8, 4) is 28.6 Å². The molecule has 0 unspecified atom stereocenters. The molecule has 242 valence electrons. The van der Waals surface area contributed by atoms with Crippen molar-refractivity contribution in [2.75, 3.05) is 26.8 Å². The van der Waals surface area contributed by atoms with Crippen LogP contribution < -0.4 is 24.8 Å². The number of halogens is 1. The van der Waals surface area contributed by atoms with Gasteiger partial charge in [-0.1, -0.05) is 17.3 Å². The van der Waals surface area contributed by atoms with Crippen LogP contribution in [0.2, 0.25) is 0 Å². The molecule has 2 aliphatic heterocycles. The third-order valence-electron chi connectivity index (χ3n) is 8.40. The molecule has 12 nitrogen and oxygen atoms in total. The Bertz CT molecular complexity index is 1820. The zero-order chi connectivity index (χ0) is 32.5. The largest absolute Gasteiger partial charge is 0.493 e. The number of carbonyl (C=O) groups excluding carboxylic acids is 3. The van der Waals surface area contributed by atoms with Crippen molar-refractivity contribution < 1.29 is 37.5 Å². The maximum Gasteiger partial charge on any atom is 0.258 e. The minimum atomic E-state index is -0.648. The smallest absolute Gasteiger partial charge is 0.258 e. The molecular formula is C34H32FN5O7. The fourth-order valence-corrected chi connectivity index (χ4v) is 5.73. The van der Waals surface area contributed by atoms with Gasteiger partial charge >= 0.3 is 0 Å². The summed E-state index contributed by atoms with van der Waals surface area (Å²) in [7, 11) is 1.45. The van der Waals surface area contributed by atoms with E-state index in [9.17, 15) is 18.8 Å². The normalized spacial score (nSPS) is 19.8. The molecular weight excluding hydrogens is 609 g/mol. The van der Waals surface area contributed by atoms with Gasteiger partial charge in [0.05, 0.1) is 13.2 Å². The molecule has 0 radical (unpaired) electrons. The Balaban J connectivity index is 1.13. The van der Waals surface area contributed by atoms with Gasteiger partial charge in [0.1, 0.15) is 17.7 Å². The molecule has 4 bridgehead atoms. The lowest BCUT2D eigenvalue weighted by atomic mass is 9.99. The number of likely N-dealkylation sites (tertiary alicyclic amines) is 1. The zero-order valence-electron chi connectivity index (χ0n) is 25.5. The van der Waals surface area contributed by atoms with Crippen LogP contribution in [0.4, 0.5) is 4.39 Å². The van der Waals surface area contributed by atoms with E-state index < -0.39 is 29.8 Å². The minimum Gasteiger partial charge on any atom is -0.493 e. The molecule has 3 aliphatic rings. The van der Waals surface area contributed by atoms with Crippen molar-refractivity contribution in [3.05, 3.63) is 89.1 Å². The quantitative estimate of drug-likeness (QED) is 0.339. The lowest BCUT2D eigenvalue weighted by Crippen LogP contribution is -2.58. The molecule has 1 saturated carbocycles. The molecule has 3 aromatic carbocycles. The number of fused-ring (bicyclic) bond motifs is 5. The van der Waals surface area contributed by atoms with Crippen LogP contribution in [0.3, 0.4) is 0 Å². The number of nitrogens with one attached hydrogen (secondary N) is 2. The van der Waals surface area contributed by atoms with E-state index in [0.717, 1.165) is 18.4 Å². The molecule has 3 heterocycles. The fraction of sp³-hybridized carbons (Fsp3) is 0.324. The third-order valence-corrected chi connectivity index (χ3v) is 8.40. The van der Waals surface area contributed by atoms with E-state index >= 15 is 0 Å². The SMILES string of the molecule is COc1ccc2cc1OCC(=O)NCc1cc(F)cc(c1)O[C@@H]1CCN(C(=O)c3ccc(-c4noc(C5CC5)n4)cc3)C[C@@H]1NC2=O. The van der Waals surface area contributed by atoms with Gasteiger partial charge in [0.2, 0.25) is 11.7 Å². The molecule has 2 atom stereocenters. The van der Waals surface area contributed by atoms with E-state index in [1.807, 2.05) is 0 Å². The zero-order valence-corrected chi connectivity index (χ0v) is 25.5. The van der Waals surface area contributed by atoms with Crippen LogP contribution in [0.5, 0.6) is 17.2 Å². The number of benzene rings is 3. The first-order valence-electron chi connectivity index (χ1n) is 15.4. The second-order valence-electron chi connectivity index (χ2n) is 11.8. The van der Waals surface area contributed by atoms with Gasteiger partial charge < -0.3 is 34.3 Å². The van der Waals surface area contributed by atoms with Crippen LogP contribution >= 0.6 is 0 Å². The van der Waals surface area contributed by atoms with Crippen molar-refractivity contribution in [1.82, 2.24) is 25.7 Å². The number of hydrogen-bond acceptors (Lipinski definition) is 9. The van der Waals surface area contributed by atoms with Crippen LogP contribution in [-0.2, 0) is 11.3 Å². The van der Waals surface area contributed by atoms with Crippen LogP contribution in [0.25, 0.3) is 11.4 Å². The summed E-state index contributed by atoms with van der Waals surface area (Å²) in [6.07, 6.45) is 1.88. The first kappa shape index (κ1) is 30.2. The van der Waals surface area contributed by atoms with Crippen molar-refractivity contribution >= 4 is 17.7 Å². The summed E-state index contributed by atoms with van der Waals surface area (Å²) in [5, 5.41) is 9.78. The molecule has 47 heavy (non-hydrogen) atoms. The number of nitrogens with zero attached hydrogens (tertiary/aromatic N) is 3. The number of methoxy groups -OCH3 is 1. The van der Waals surface area contributed by atoms with Crippen molar-refractivity contribution in [2.24, 2.45) is 0 Å². The van der Waals surface area contributed by atoms with Crippen molar-refractivity contribution in [2.45, 2.75) is 43.9 Å². The van der Waals surface area contributed by atoms with Gasteiger partial charge in [0, 0.05) is 54.7 Å². The Labute approximate surface area is 269 Å². The topological polar surface area (TPSA) is 145 Å². The summed E-state index contributed by atoms with van der Waals surface area (Å²) in [6.45, 7) is 0.184. The molecule has 1 aromatic heterocycles. The number of piperidine rings is 1. The number of hydrogen-bond donors (Lipinski definition) is 2. The predicted molar refractivity (Wildman–Crippen MR) is 165 cm³/mol. The molecule has 4 aromatic rings. The predicted octanol–water partition coefficient (Wildman–Crippen LogP) is 3.86. The van der Waals surface area contributed by atoms with Gasteiger partial charge in [-0.2, -0.15) is 4.98 Å². The van der Waals surface area contributed by atoms with Crippen molar-refractivity contribution in [1.29, 1.82) is 0 Å². The van der Waals surface area contributed by atoms with E-state index in [-0.39, 0.29) is 42.7 Å². The Morgan fingerprint density at radius 1 is 1.02 bits per heavy atom. The molecule has 13 heteroatoms. The summed E-state index contributed by atoms with van der Waals surface area (Å²) < 4.78 is 37.3. The molecule has 1 aliphatic carbocycles. The van der Waals surface area contributed by atoms with E-state index in [2.05, 4.69) is 20.8 Å². The molecule has 1 saturated heterocycles. The second kappa shape index (κ2) is 12.7. The molecule has 2 N–H and O–H groups in total. The van der Waals surface area contributed by atoms with E-state index in [1.54, 1.807) is 47.4 Å². The standard InChI is InChI=1S/C34H32FN5O7/c1-44-28-9-8-23-14-29(28)45-18-30(41)36-16-19-12-24(35)15-25(13-19)46-27-10-11-40(17-26(27)37-32(23)42)34(43)22-6-2-20(3-7-22)31-38-33(47-39-31)21-4-5-21/h2-3,6-9,12-15,21,26-27H,4-5,10-11,16-18H2,1H3,(H,36,41)(H,37,42)/t26-,27+/m0/s1. The third kappa shape index (κ3) is 6.74. The Morgan fingerprint density at radius 2 is 1.83 bits per heavy atom. The lowest BCUT2D eigenvalue weighted by molar-refractivity contribution is -0.123. The van der Waals surface area contributed by atoms with Crippen LogP contribution in [-0.4, -0.2) is 71.7 Å². The van der Waals surface area contributed by atoms with Crippen LogP contribution in [0.1, 0.15) is 57.4 Å². The Hall–Kier alpha value is -5.46. The highest BCUT2D eigenvalue weighted by atomic mass is 19.1. The summed E-state index contributed by atoms with van der Waals surface area (Å²) >= 11 is 0. The van der Waals surface area contributed by atoms with Gasteiger partial charge in [-0.3, -0.25) is 14.4 Å². The summed E-state index contributed by atoms with van der Waals surface area (Å²) in [5.74, 6) is 0.614. The highest BCUT2D eigenvalue weighted by Crippen LogP contribution is 2.39. The highest BCUT2D eigenvalue weighted by molar-refractivity contribution is 5.96.